The van der Waals surface area contributed by atoms with Crippen molar-refractivity contribution in [3.05, 3.63) is 65.2 Å². The van der Waals surface area contributed by atoms with Crippen LogP contribution in [0.4, 0.5) is 0 Å². The monoisotopic (exact) mass is 418 g/mol. The van der Waals surface area contributed by atoms with Crippen molar-refractivity contribution in [2.75, 3.05) is 6.54 Å². The van der Waals surface area contributed by atoms with Crippen LogP contribution in [0.25, 0.3) is 0 Å². The van der Waals surface area contributed by atoms with Gasteiger partial charge in [0.15, 0.2) is 0 Å². The summed E-state index contributed by atoms with van der Waals surface area (Å²) in [7, 11) is 0. The van der Waals surface area contributed by atoms with Gasteiger partial charge in [-0.05, 0) is 56.4 Å². The molecular weight excluding hydrogens is 388 g/mol. The normalized spacial score (nSPS) is 19.3. The lowest BCUT2D eigenvalue weighted by molar-refractivity contribution is -0.132. The van der Waals surface area contributed by atoms with Gasteiger partial charge in [0.05, 0.1) is 6.10 Å². The predicted octanol–water partition coefficient (Wildman–Crippen LogP) is 3.55. The molecule has 1 fully saturated rings. The second-order valence-corrected chi connectivity index (χ2v) is 7.59. The highest BCUT2D eigenvalue weighted by molar-refractivity contribution is 5.85. The minimum absolute atomic E-state index is 0. The Balaban J connectivity index is 0.00000300. The molecule has 1 aliphatic heterocycles. The molecule has 0 radical (unpaired) electrons. The molecule has 3 N–H and O–H groups in total. The Labute approximate surface area is 179 Å². The maximum atomic E-state index is 12.3. The second kappa shape index (κ2) is 11.2. The molecule has 1 amide bonds. The summed E-state index contributed by atoms with van der Waals surface area (Å²) in [4.78, 5) is 12.3. The van der Waals surface area contributed by atoms with E-state index in [1.54, 1.807) is 0 Å². The van der Waals surface area contributed by atoms with Crippen molar-refractivity contribution in [3.8, 4) is 5.75 Å². The van der Waals surface area contributed by atoms with Crippen molar-refractivity contribution < 1.29 is 14.3 Å². The molecule has 0 bridgehead atoms. The fourth-order valence-electron chi connectivity index (χ4n) is 3.39. The molecule has 0 spiro atoms. The number of benzene rings is 2. The van der Waals surface area contributed by atoms with Crippen LogP contribution in [0, 0.1) is 6.92 Å². The van der Waals surface area contributed by atoms with Gasteiger partial charge in [0.1, 0.15) is 18.5 Å². The van der Waals surface area contributed by atoms with E-state index in [0.29, 0.717) is 13.2 Å². The van der Waals surface area contributed by atoms with Gasteiger partial charge in [0, 0.05) is 12.6 Å². The molecule has 5 nitrogen and oxygen atoms in total. The number of hydrogen-bond acceptors (Lipinski definition) is 4. The Morgan fingerprint density at radius 3 is 2.41 bits per heavy atom. The standard InChI is InChI=1S/C23H30N2O3.ClH/c1-16-3-5-19(6-4-16)15-27-20-9-7-18(8-10-20)13-17(2)25-23(26)22-12-11-21(14-24)28-22;/h3-10,17,21-22H,11-15,24H2,1-2H3,(H,25,26);1H/t17?,21-,22+;/m1./s1. The molecule has 1 unspecified atom stereocenters. The maximum Gasteiger partial charge on any atom is 0.249 e. The van der Waals surface area contributed by atoms with Gasteiger partial charge >= 0.3 is 0 Å². The Bertz CT molecular complexity index is 765. The summed E-state index contributed by atoms with van der Waals surface area (Å²) in [5.41, 5.74) is 9.15. The lowest BCUT2D eigenvalue weighted by atomic mass is 10.1. The Kier molecular flexibility index (Phi) is 8.96. The van der Waals surface area contributed by atoms with Gasteiger partial charge in [-0.25, -0.2) is 0 Å². The van der Waals surface area contributed by atoms with Crippen molar-refractivity contribution >= 4 is 18.3 Å². The number of rotatable bonds is 8. The largest absolute Gasteiger partial charge is 0.489 e. The molecule has 1 saturated heterocycles. The number of carbonyl (C=O) groups is 1. The zero-order valence-electron chi connectivity index (χ0n) is 17.1. The van der Waals surface area contributed by atoms with Gasteiger partial charge < -0.3 is 20.5 Å². The number of amides is 1. The van der Waals surface area contributed by atoms with Crippen LogP contribution < -0.4 is 15.8 Å². The van der Waals surface area contributed by atoms with Crippen molar-refractivity contribution in [3.63, 3.8) is 0 Å². The maximum absolute atomic E-state index is 12.3. The number of halogens is 1. The highest BCUT2D eigenvalue weighted by atomic mass is 35.5. The van der Waals surface area contributed by atoms with Crippen LogP contribution in [0.3, 0.4) is 0 Å². The van der Waals surface area contributed by atoms with Crippen molar-refractivity contribution in [1.82, 2.24) is 5.32 Å². The van der Waals surface area contributed by atoms with E-state index in [9.17, 15) is 4.79 Å². The SMILES string of the molecule is Cc1ccc(COc2ccc(CC(C)NC(=O)[C@@H]3CC[C@H](CN)O3)cc2)cc1.Cl. The molecule has 0 aromatic heterocycles. The summed E-state index contributed by atoms with van der Waals surface area (Å²) in [6.07, 6.45) is 2.00. The van der Waals surface area contributed by atoms with Gasteiger partial charge in [-0.1, -0.05) is 42.0 Å². The van der Waals surface area contributed by atoms with Crippen LogP contribution in [-0.4, -0.2) is 30.7 Å². The van der Waals surface area contributed by atoms with E-state index in [-0.39, 0.29) is 36.6 Å². The second-order valence-electron chi connectivity index (χ2n) is 7.59. The summed E-state index contributed by atoms with van der Waals surface area (Å²) in [6, 6.07) is 16.4. The predicted molar refractivity (Wildman–Crippen MR) is 117 cm³/mol. The molecule has 3 atom stereocenters. The quantitative estimate of drug-likeness (QED) is 0.687. The highest BCUT2D eigenvalue weighted by Crippen LogP contribution is 2.19. The van der Waals surface area contributed by atoms with Gasteiger partial charge in [-0.15, -0.1) is 12.4 Å². The number of carbonyl (C=O) groups excluding carboxylic acids is 1. The van der Waals surface area contributed by atoms with E-state index >= 15 is 0 Å². The number of aryl methyl sites for hydroxylation is 1. The van der Waals surface area contributed by atoms with Crippen molar-refractivity contribution in [2.45, 2.75) is 58.0 Å². The minimum Gasteiger partial charge on any atom is -0.489 e. The van der Waals surface area contributed by atoms with Gasteiger partial charge in [-0.3, -0.25) is 4.79 Å². The third-order valence-corrected chi connectivity index (χ3v) is 5.04. The first-order chi connectivity index (χ1) is 13.5. The first-order valence-corrected chi connectivity index (χ1v) is 9.96. The summed E-state index contributed by atoms with van der Waals surface area (Å²) in [5.74, 6) is 0.801. The Morgan fingerprint density at radius 1 is 1.14 bits per heavy atom. The van der Waals surface area contributed by atoms with E-state index < -0.39 is 0 Å². The van der Waals surface area contributed by atoms with Crippen LogP contribution in [0.15, 0.2) is 48.5 Å². The lowest BCUT2D eigenvalue weighted by Gasteiger charge is -2.18. The molecule has 29 heavy (non-hydrogen) atoms. The molecule has 3 rings (SSSR count). The molecule has 2 aromatic carbocycles. The summed E-state index contributed by atoms with van der Waals surface area (Å²) < 4.78 is 11.5. The summed E-state index contributed by atoms with van der Waals surface area (Å²) in [6.45, 7) is 5.11. The average Bonchev–Trinajstić information content (AvgIpc) is 3.18. The fourth-order valence-corrected chi connectivity index (χ4v) is 3.39. The molecule has 1 heterocycles. The van der Waals surface area contributed by atoms with E-state index in [2.05, 4.69) is 36.5 Å². The Hall–Kier alpha value is -2.08. The minimum atomic E-state index is -0.367. The third-order valence-electron chi connectivity index (χ3n) is 5.04. The van der Waals surface area contributed by atoms with E-state index in [0.717, 1.165) is 36.1 Å². The molecule has 1 aliphatic rings. The van der Waals surface area contributed by atoms with Crippen LogP contribution in [0.1, 0.15) is 36.5 Å². The first kappa shape index (κ1) is 23.2. The van der Waals surface area contributed by atoms with Gasteiger partial charge in [0.2, 0.25) is 5.91 Å². The molecule has 0 aliphatic carbocycles. The highest BCUT2D eigenvalue weighted by Gasteiger charge is 2.30. The van der Waals surface area contributed by atoms with Crippen LogP contribution in [-0.2, 0) is 22.6 Å². The molecule has 0 saturated carbocycles. The number of ether oxygens (including phenoxy) is 2. The molecule has 2 aromatic rings. The smallest absolute Gasteiger partial charge is 0.249 e. The first-order valence-electron chi connectivity index (χ1n) is 9.96. The Morgan fingerprint density at radius 2 is 1.79 bits per heavy atom. The fraction of sp³-hybridized carbons (Fsp3) is 0.435. The number of hydrogen-bond donors (Lipinski definition) is 2. The topological polar surface area (TPSA) is 73.6 Å². The molecule has 158 valence electrons. The van der Waals surface area contributed by atoms with Crippen LogP contribution >= 0.6 is 12.4 Å². The number of nitrogens with one attached hydrogen (secondary N) is 1. The summed E-state index contributed by atoms with van der Waals surface area (Å²) in [5, 5.41) is 3.04. The van der Waals surface area contributed by atoms with Crippen molar-refractivity contribution in [1.29, 1.82) is 0 Å². The summed E-state index contributed by atoms with van der Waals surface area (Å²) >= 11 is 0. The molecule has 6 heteroatoms. The van der Waals surface area contributed by atoms with Crippen molar-refractivity contribution in [2.24, 2.45) is 5.73 Å². The van der Waals surface area contributed by atoms with E-state index in [1.807, 2.05) is 31.2 Å². The lowest BCUT2D eigenvalue weighted by Crippen LogP contribution is -2.41. The zero-order chi connectivity index (χ0) is 19.9. The van der Waals surface area contributed by atoms with Gasteiger partial charge in [-0.2, -0.15) is 0 Å². The zero-order valence-corrected chi connectivity index (χ0v) is 17.9. The molecular formula is C23H31ClN2O3. The van der Waals surface area contributed by atoms with Crippen LogP contribution in [0.5, 0.6) is 5.75 Å². The van der Waals surface area contributed by atoms with Crippen LogP contribution in [0.2, 0.25) is 0 Å². The average molecular weight is 419 g/mol. The third kappa shape index (κ3) is 7.03. The van der Waals surface area contributed by atoms with E-state index in [1.165, 1.54) is 5.56 Å². The number of nitrogens with two attached hydrogens (primary N) is 1. The van der Waals surface area contributed by atoms with Gasteiger partial charge in [0.25, 0.3) is 0 Å². The van der Waals surface area contributed by atoms with E-state index in [4.69, 9.17) is 15.2 Å².